The third kappa shape index (κ3) is 14.5. The number of morpholine rings is 1. The molecule has 1 aliphatic rings. The van der Waals surface area contributed by atoms with Gasteiger partial charge in [0, 0.05) is 19.5 Å². The van der Waals surface area contributed by atoms with Crippen molar-refractivity contribution in [2.45, 2.75) is 85.0 Å². The minimum absolute atomic E-state index is 0.0108. The molecule has 3 amide bonds. The first-order valence-electron chi connectivity index (χ1n) is 19.5. The summed E-state index contributed by atoms with van der Waals surface area (Å²) >= 11 is 0. The van der Waals surface area contributed by atoms with E-state index in [0.29, 0.717) is 32.7 Å². The minimum atomic E-state index is -1.18. The van der Waals surface area contributed by atoms with Gasteiger partial charge in [0.25, 0.3) is 0 Å². The maximum Gasteiger partial charge on any atom is 0.329 e. The Morgan fingerprint density at radius 3 is 1.91 bits per heavy atom. The van der Waals surface area contributed by atoms with Gasteiger partial charge in [0.05, 0.1) is 25.2 Å². The van der Waals surface area contributed by atoms with E-state index in [1.165, 1.54) is 4.90 Å². The number of hydrogen-bond donors (Lipinski definition) is 2. The molecule has 3 aromatic rings. The molecule has 3 aromatic carbocycles. The number of amides is 3. The summed E-state index contributed by atoms with van der Waals surface area (Å²) in [6, 6.07) is 24.8. The van der Waals surface area contributed by atoms with Gasteiger partial charge in [0.1, 0.15) is 24.7 Å². The van der Waals surface area contributed by atoms with Crippen LogP contribution in [0.5, 0.6) is 0 Å². The van der Waals surface area contributed by atoms with Crippen molar-refractivity contribution in [1.82, 2.24) is 20.4 Å². The van der Waals surface area contributed by atoms with Gasteiger partial charge in [-0.15, -0.1) is 0 Å². The molecule has 0 aliphatic carbocycles. The van der Waals surface area contributed by atoms with E-state index >= 15 is 0 Å². The van der Waals surface area contributed by atoms with Gasteiger partial charge in [-0.2, -0.15) is 0 Å². The van der Waals surface area contributed by atoms with Crippen LogP contribution in [0.25, 0.3) is 0 Å². The van der Waals surface area contributed by atoms with Crippen LogP contribution in [0.4, 0.5) is 0 Å². The number of rotatable bonds is 19. The SMILES string of the molecule is CC(C)C[C@@H](C(=O)N[C@@H](Cc1ccccc1)C(=O)OCc1ccccc1)N(COC(=O)C(C)(C)C)C(=O)[C@H](CCc1ccccc1)NC(=O)CN1CCOCC1. The van der Waals surface area contributed by atoms with Crippen molar-refractivity contribution in [3.63, 3.8) is 0 Å². The van der Waals surface area contributed by atoms with E-state index < -0.39 is 54.0 Å². The third-order valence-corrected chi connectivity index (χ3v) is 9.38. The van der Waals surface area contributed by atoms with Gasteiger partial charge < -0.3 is 24.8 Å². The Morgan fingerprint density at radius 2 is 1.34 bits per heavy atom. The van der Waals surface area contributed by atoms with Crippen LogP contribution in [0.15, 0.2) is 91.0 Å². The topological polar surface area (TPSA) is 144 Å². The van der Waals surface area contributed by atoms with E-state index in [1.807, 2.05) is 110 Å². The van der Waals surface area contributed by atoms with Crippen molar-refractivity contribution < 1.29 is 38.2 Å². The van der Waals surface area contributed by atoms with Gasteiger partial charge in [-0.3, -0.25) is 29.0 Å². The van der Waals surface area contributed by atoms with Crippen molar-refractivity contribution in [3.05, 3.63) is 108 Å². The molecule has 0 unspecified atom stereocenters. The van der Waals surface area contributed by atoms with E-state index in [-0.39, 0.29) is 44.2 Å². The molecule has 0 saturated carbocycles. The summed E-state index contributed by atoms with van der Waals surface area (Å²) in [5, 5.41) is 5.84. The largest absolute Gasteiger partial charge is 0.459 e. The molecular weight excluding hydrogens is 713 g/mol. The fourth-order valence-electron chi connectivity index (χ4n) is 6.23. The summed E-state index contributed by atoms with van der Waals surface area (Å²) in [6.45, 7) is 10.6. The number of hydrogen-bond acceptors (Lipinski definition) is 9. The lowest BCUT2D eigenvalue weighted by atomic mass is 9.97. The Hall–Kier alpha value is -5.07. The second-order valence-electron chi connectivity index (χ2n) is 15.6. The number of carbonyl (C=O) groups is 5. The summed E-state index contributed by atoms with van der Waals surface area (Å²) in [5.41, 5.74) is 1.66. The van der Waals surface area contributed by atoms with E-state index in [0.717, 1.165) is 16.7 Å². The number of aryl methyl sites for hydroxylation is 1. The second-order valence-corrected chi connectivity index (χ2v) is 15.6. The Kier molecular flexibility index (Phi) is 17.0. The Morgan fingerprint density at radius 1 is 0.768 bits per heavy atom. The number of carbonyl (C=O) groups excluding carboxylic acids is 5. The molecule has 0 spiro atoms. The molecule has 1 heterocycles. The minimum Gasteiger partial charge on any atom is -0.459 e. The lowest BCUT2D eigenvalue weighted by Crippen LogP contribution is -2.59. The molecule has 2 N–H and O–H groups in total. The van der Waals surface area contributed by atoms with Gasteiger partial charge in [-0.05, 0) is 62.6 Å². The standard InChI is InChI=1S/C44H58N4O8/c1-32(2)27-38(40(50)46-37(28-34-17-11-7-12-18-34)42(52)55-30-35-19-13-8-14-20-35)48(31-56-43(53)44(3,4)5)41(51)36(22-21-33-15-9-6-10-16-33)45-39(49)29-47-23-25-54-26-24-47/h6-20,32,36-38H,21-31H2,1-5H3,(H,45,49)(H,46,50)/t36-,37-,38-/m0/s1. The lowest BCUT2D eigenvalue weighted by Gasteiger charge is -2.35. The Labute approximate surface area is 331 Å². The van der Waals surface area contributed by atoms with Crippen LogP contribution in [0.3, 0.4) is 0 Å². The molecule has 4 rings (SSSR count). The molecule has 302 valence electrons. The summed E-state index contributed by atoms with van der Waals surface area (Å²) in [4.78, 5) is 73.0. The zero-order valence-corrected chi connectivity index (χ0v) is 33.4. The highest BCUT2D eigenvalue weighted by Gasteiger charge is 2.38. The van der Waals surface area contributed by atoms with Gasteiger partial charge in [-0.25, -0.2) is 4.79 Å². The summed E-state index contributed by atoms with van der Waals surface area (Å²) < 4.78 is 16.9. The van der Waals surface area contributed by atoms with Gasteiger partial charge in [0.2, 0.25) is 17.7 Å². The zero-order valence-electron chi connectivity index (χ0n) is 33.4. The Bertz CT molecular complexity index is 1690. The van der Waals surface area contributed by atoms with E-state index in [2.05, 4.69) is 10.6 Å². The fourth-order valence-corrected chi connectivity index (χ4v) is 6.23. The van der Waals surface area contributed by atoms with E-state index in [4.69, 9.17) is 14.2 Å². The fraction of sp³-hybridized carbons (Fsp3) is 0.477. The lowest BCUT2D eigenvalue weighted by molar-refractivity contribution is -0.166. The van der Waals surface area contributed by atoms with Gasteiger partial charge in [-0.1, -0.05) is 105 Å². The molecule has 0 bridgehead atoms. The molecular formula is C44H58N4O8. The van der Waals surface area contributed by atoms with Crippen LogP contribution in [0.2, 0.25) is 0 Å². The van der Waals surface area contributed by atoms with Crippen LogP contribution < -0.4 is 10.6 Å². The van der Waals surface area contributed by atoms with Crippen molar-refractivity contribution in [2.24, 2.45) is 11.3 Å². The molecule has 0 radical (unpaired) electrons. The van der Waals surface area contributed by atoms with Crippen LogP contribution in [0.1, 0.15) is 64.2 Å². The van der Waals surface area contributed by atoms with Crippen molar-refractivity contribution in [3.8, 4) is 0 Å². The van der Waals surface area contributed by atoms with Crippen LogP contribution in [-0.4, -0.2) is 97.2 Å². The van der Waals surface area contributed by atoms with Crippen LogP contribution in [-0.2, 0) is 57.6 Å². The number of ether oxygens (including phenoxy) is 3. The molecule has 0 aromatic heterocycles. The molecule has 1 saturated heterocycles. The second kappa shape index (κ2) is 21.9. The maximum atomic E-state index is 14.9. The summed E-state index contributed by atoms with van der Waals surface area (Å²) in [5.74, 6) is -2.84. The summed E-state index contributed by atoms with van der Waals surface area (Å²) in [6.07, 6.45) is 0.992. The molecule has 12 nitrogen and oxygen atoms in total. The number of benzene rings is 3. The van der Waals surface area contributed by atoms with E-state index in [9.17, 15) is 24.0 Å². The normalized spacial score (nSPS) is 14.9. The monoisotopic (exact) mass is 770 g/mol. The first-order chi connectivity index (χ1) is 26.8. The Balaban J connectivity index is 1.66. The third-order valence-electron chi connectivity index (χ3n) is 9.38. The maximum absolute atomic E-state index is 14.9. The number of esters is 2. The molecule has 12 heteroatoms. The van der Waals surface area contributed by atoms with Crippen molar-refractivity contribution in [2.75, 3.05) is 39.6 Å². The molecule has 3 atom stereocenters. The highest BCUT2D eigenvalue weighted by atomic mass is 16.5. The average Bonchev–Trinajstić information content (AvgIpc) is 3.18. The molecule has 1 fully saturated rings. The smallest absolute Gasteiger partial charge is 0.329 e. The highest BCUT2D eigenvalue weighted by Crippen LogP contribution is 2.20. The molecule has 56 heavy (non-hydrogen) atoms. The zero-order chi connectivity index (χ0) is 40.5. The molecule has 1 aliphatic heterocycles. The van der Waals surface area contributed by atoms with Gasteiger partial charge in [0.15, 0.2) is 6.73 Å². The average molecular weight is 771 g/mol. The van der Waals surface area contributed by atoms with Crippen LogP contribution >= 0.6 is 0 Å². The van der Waals surface area contributed by atoms with Crippen molar-refractivity contribution in [1.29, 1.82) is 0 Å². The van der Waals surface area contributed by atoms with Crippen molar-refractivity contribution >= 4 is 29.7 Å². The van der Waals surface area contributed by atoms with Crippen LogP contribution in [0, 0.1) is 11.3 Å². The number of nitrogens with zero attached hydrogens (tertiary/aromatic N) is 2. The first kappa shape index (κ1) is 43.7. The van der Waals surface area contributed by atoms with E-state index in [1.54, 1.807) is 20.8 Å². The quantitative estimate of drug-likeness (QED) is 0.131. The highest BCUT2D eigenvalue weighted by molar-refractivity contribution is 5.94. The summed E-state index contributed by atoms with van der Waals surface area (Å²) in [7, 11) is 0. The predicted molar refractivity (Wildman–Crippen MR) is 213 cm³/mol. The van der Waals surface area contributed by atoms with Gasteiger partial charge >= 0.3 is 11.9 Å². The first-order valence-corrected chi connectivity index (χ1v) is 19.5. The predicted octanol–water partition coefficient (Wildman–Crippen LogP) is 4.70. The number of nitrogens with one attached hydrogen (secondary N) is 2.